The van der Waals surface area contributed by atoms with Gasteiger partial charge in [-0.05, 0) is 32.9 Å². The van der Waals surface area contributed by atoms with Gasteiger partial charge in [-0.25, -0.2) is 0 Å². The number of fused-ring (bicyclic) bond motifs is 3. The number of benzene rings is 4. The Bertz CT molecular complexity index is 1860. The van der Waals surface area contributed by atoms with Crippen LogP contribution in [0.25, 0.3) is 21.8 Å². The Morgan fingerprint density at radius 1 is 0.392 bits per heavy atom. The van der Waals surface area contributed by atoms with Gasteiger partial charge in [0, 0.05) is 89.2 Å². The number of hydrogen-bond donors (Lipinski definition) is 0. The minimum absolute atomic E-state index is 0. The molecule has 2 aromatic heterocycles. The van der Waals surface area contributed by atoms with Crippen molar-refractivity contribution in [3.05, 3.63) is 156 Å². The predicted octanol–water partition coefficient (Wildman–Crippen LogP) is 8.33. The third kappa shape index (κ3) is 15.4. The van der Waals surface area contributed by atoms with Crippen LogP contribution in [0.2, 0.25) is 0 Å². The first-order valence-corrected chi connectivity index (χ1v) is 15.9. The van der Waals surface area contributed by atoms with Gasteiger partial charge in [0.05, 0.1) is 30.3 Å². The molecule has 51 heavy (non-hydrogen) atoms. The van der Waals surface area contributed by atoms with Gasteiger partial charge in [-0.1, -0.05) is 115 Å². The molecule has 2 heterocycles. The van der Waals surface area contributed by atoms with Gasteiger partial charge in [0.15, 0.2) is 17.3 Å². The molecule has 0 aliphatic heterocycles. The number of ketones is 6. The number of hydrogen-bond acceptors (Lipinski definition) is 8. The maximum Gasteiger partial charge on any atom is 0.170 e. The molecule has 9 heteroatoms. The molecule has 4 aromatic carbocycles. The second kappa shape index (κ2) is 22.9. The fourth-order valence-corrected chi connectivity index (χ4v) is 4.54. The fourth-order valence-electron chi connectivity index (χ4n) is 4.54. The molecule has 0 saturated heterocycles. The van der Waals surface area contributed by atoms with Crippen molar-refractivity contribution in [2.24, 2.45) is 0 Å². The van der Waals surface area contributed by atoms with Gasteiger partial charge in [-0.2, -0.15) is 0 Å². The number of carbonyl (C=O) groups excluding carboxylic acids is 6. The van der Waals surface area contributed by atoms with Crippen LogP contribution >= 0.6 is 0 Å². The van der Waals surface area contributed by atoms with Crippen molar-refractivity contribution in [2.75, 3.05) is 0 Å². The monoisotopic (exact) mass is 819 g/mol. The molecule has 0 amide bonds. The van der Waals surface area contributed by atoms with Crippen LogP contribution < -0.4 is 0 Å². The smallest absolute Gasteiger partial charge is 0.170 e. The van der Waals surface area contributed by atoms with Gasteiger partial charge < -0.3 is 0 Å². The first-order valence-electron chi connectivity index (χ1n) is 15.9. The third-order valence-corrected chi connectivity index (χ3v) is 6.86. The van der Waals surface area contributed by atoms with E-state index in [1.54, 1.807) is 85.2 Å². The third-order valence-electron chi connectivity index (χ3n) is 6.86. The van der Waals surface area contributed by atoms with Crippen LogP contribution in [0.3, 0.4) is 0 Å². The van der Waals surface area contributed by atoms with Crippen LogP contribution in [0.4, 0.5) is 0 Å². The predicted molar refractivity (Wildman–Crippen MR) is 195 cm³/mol. The van der Waals surface area contributed by atoms with Crippen LogP contribution in [0.15, 0.2) is 140 Å². The molecule has 0 bridgehead atoms. The van der Waals surface area contributed by atoms with Gasteiger partial charge in [0.2, 0.25) is 0 Å². The van der Waals surface area contributed by atoms with Gasteiger partial charge in [0.1, 0.15) is 17.3 Å². The molecule has 0 saturated carbocycles. The fraction of sp³-hybridized carbons (Fsp3) is 0.143. The normalized spacial score (nSPS) is 9.63. The molecular formula is C42H38EuN2O6. The molecule has 6 rings (SSSR count). The summed E-state index contributed by atoms with van der Waals surface area (Å²) in [5, 5.41) is 2.28. The summed E-state index contributed by atoms with van der Waals surface area (Å²) in [6.07, 6.45) is 3.62. The van der Waals surface area contributed by atoms with E-state index < -0.39 is 0 Å². The Labute approximate surface area is 338 Å². The van der Waals surface area contributed by atoms with Crippen molar-refractivity contribution >= 4 is 56.5 Å². The molecule has 8 nitrogen and oxygen atoms in total. The van der Waals surface area contributed by atoms with Crippen LogP contribution in [-0.2, 0) is 14.4 Å². The zero-order valence-corrected chi connectivity index (χ0v) is 31.0. The summed E-state index contributed by atoms with van der Waals surface area (Å²) in [7, 11) is 0. The van der Waals surface area contributed by atoms with E-state index in [1.165, 1.54) is 20.8 Å². The molecule has 6 aromatic rings. The van der Waals surface area contributed by atoms with E-state index in [0.29, 0.717) is 16.7 Å². The van der Waals surface area contributed by atoms with E-state index in [0.717, 1.165) is 21.8 Å². The maximum absolute atomic E-state index is 11.2. The van der Waals surface area contributed by atoms with Crippen molar-refractivity contribution in [3.8, 4) is 0 Å². The molecule has 0 spiro atoms. The summed E-state index contributed by atoms with van der Waals surface area (Å²) in [5.74, 6) is -0.606. The zero-order valence-electron chi connectivity index (χ0n) is 28.6. The second-order valence-corrected chi connectivity index (χ2v) is 11.2. The standard InChI is InChI=1S/C12H8N2.3C10H10O2.Eu/c1-3-9-5-6-10-4-2-8-14-12(10)11(9)13-7-1;3*1-8(11)7-10(12)9-5-3-2-4-6-9;/h1-8H;3*2-6H,7H2,1H3;. The molecule has 259 valence electrons. The average Bonchev–Trinajstić information content (AvgIpc) is 3.13. The number of nitrogens with zero attached hydrogens (tertiary/aromatic N) is 2. The Kier molecular flexibility index (Phi) is 19.1. The minimum atomic E-state index is -0.108. The van der Waals surface area contributed by atoms with Crippen LogP contribution in [0, 0.1) is 49.4 Å². The molecule has 0 aliphatic carbocycles. The van der Waals surface area contributed by atoms with Crippen LogP contribution in [0.1, 0.15) is 71.1 Å². The quantitative estimate of drug-likeness (QED) is 0.0810. The number of pyridine rings is 2. The first-order chi connectivity index (χ1) is 24.0. The van der Waals surface area contributed by atoms with Crippen molar-refractivity contribution in [1.29, 1.82) is 0 Å². The number of Topliss-reactive ketones (excluding diaryl/α,β-unsaturated/α-hetero) is 6. The maximum atomic E-state index is 11.2. The molecular weight excluding hydrogens is 780 g/mol. The van der Waals surface area contributed by atoms with Crippen molar-refractivity contribution < 1.29 is 78.1 Å². The van der Waals surface area contributed by atoms with E-state index in [1.807, 2.05) is 30.3 Å². The summed E-state index contributed by atoms with van der Waals surface area (Å²) in [4.78, 5) is 74.2. The van der Waals surface area contributed by atoms with E-state index in [4.69, 9.17) is 0 Å². The van der Waals surface area contributed by atoms with Gasteiger partial charge in [-0.15, -0.1) is 0 Å². The van der Waals surface area contributed by atoms with E-state index in [-0.39, 0.29) is 103 Å². The summed E-state index contributed by atoms with van der Waals surface area (Å²) < 4.78 is 0. The number of aromatic nitrogens is 2. The largest absolute Gasteiger partial charge is 0.300 e. The Balaban J connectivity index is 0.000000235. The topological polar surface area (TPSA) is 128 Å². The first kappa shape index (κ1) is 42.5. The molecule has 1 radical (unpaired) electrons. The van der Waals surface area contributed by atoms with Crippen molar-refractivity contribution in [3.63, 3.8) is 0 Å². The Morgan fingerprint density at radius 3 is 0.922 bits per heavy atom. The Hall–Kier alpha value is -4.70. The molecule has 0 N–H and O–H groups in total. The van der Waals surface area contributed by atoms with Gasteiger partial charge in [-0.3, -0.25) is 38.7 Å². The van der Waals surface area contributed by atoms with Crippen molar-refractivity contribution in [1.82, 2.24) is 9.97 Å². The summed E-state index contributed by atoms with van der Waals surface area (Å²) in [5.41, 5.74) is 3.77. The molecule has 0 aliphatic rings. The summed E-state index contributed by atoms with van der Waals surface area (Å²) in [6.45, 7) is 4.25. The van der Waals surface area contributed by atoms with E-state index >= 15 is 0 Å². The van der Waals surface area contributed by atoms with E-state index in [2.05, 4.69) is 34.2 Å². The van der Waals surface area contributed by atoms with Crippen LogP contribution in [-0.4, -0.2) is 44.7 Å². The molecule has 0 fully saturated rings. The molecule has 0 atom stereocenters. The number of rotatable bonds is 9. The van der Waals surface area contributed by atoms with E-state index in [9.17, 15) is 28.8 Å². The van der Waals surface area contributed by atoms with Gasteiger partial charge in [0.25, 0.3) is 0 Å². The Morgan fingerprint density at radius 2 is 0.667 bits per heavy atom. The number of carbonyl (C=O) groups is 6. The average molecular weight is 819 g/mol. The summed E-state index contributed by atoms with van der Waals surface area (Å²) in [6, 6.07) is 38.6. The second-order valence-electron chi connectivity index (χ2n) is 11.2. The van der Waals surface area contributed by atoms with Crippen molar-refractivity contribution in [2.45, 2.75) is 40.0 Å². The zero-order chi connectivity index (χ0) is 36.3. The van der Waals surface area contributed by atoms with Gasteiger partial charge >= 0.3 is 0 Å². The van der Waals surface area contributed by atoms with Crippen LogP contribution in [0.5, 0.6) is 0 Å². The molecule has 0 unspecified atom stereocenters. The SMILES string of the molecule is CC(=O)CC(=O)c1ccccc1.CC(=O)CC(=O)c1ccccc1.CC(=O)CC(=O)c1ccccc1.[Eu].c1cnc2c(c1)ccc1cccnc12. The summed E-state index contributed by atoms with van der Waals surface area (Å²) >= 11 is 0. The minimum Gasteiger partial charge on any atom is -0.300 e.